The van der Waals surface area contributed by atoms with Crippen LogP contribution < -0.4 is 0 Å². The van der Waals surface area contributed by atoms with Crippen LogP contribution in [-0.4, -0.2) is 16.4 Å². The van der Waals surface area contributed by atoms with Gasteiger partial charge in [0.05, 0.1) is 11.2 Å². The molecular weight excluding hydrogens is 228 g/mol. The van der Waals surface area contributed by atoms with Crippen molar-refractivity contribution >= 4 is 11.3 Å². The minimum atomic E-state index is 0.951. The predicted molar refractivity (Wildman–Crippen MR) is 73.0 cm³/mol. The molecular formula is C14H18N2S. The van der Waals surface area contributed by atoms with Crippen molar-refractivity contribution in [2.75, 3.05) is 6.54 Å². The molecule has 0 saturated carbocycles. The van der Waals surface area contributed by atoms with Gasteiger partial charge in [0.25, 0.3) is 0 Å². The number of nitrogens with zero attached hydrogens (tertiary/aromatic N) is 2. The highest BCUT2D eigenvalue weighted by Gasteiger charge is 2.06. The van der Waals surface area contributed by atoms with Gasteiger partial charge in [-0.1, -0.05) is 37.3 Å². The topological polar surface area (TPSA) is 16.1 Å². The summed E-state index contributed by atoms with van der Waals surface area (Å²) in [7, 11) is 0. The highest BCUT2D eigenvalue weighted by Crippen LogP contribution is 2.10. The lowest BCUT2D eigenvalue weighted by Gasteiger charge is -2.20. The molecule has 0 unspecified atom stereocenters. The first-order chi connectivity index (χ1) is 8.38. The van der Waals surface area contributed by atoms with Crippen LogP contribution in [0.1, 0.15) is 24.6 Å². The third kappa shape index (κ3) is 3.95. The van der Waals surface area contributed by atoms with Crippen LogP contribution in [0.3, 0.4) is 0 Å². The molecule has 0 fully saturated rings. The predicted octanol–water partition coefficient (Wildman–Crippen LogP) is 3.56. The molecule has 0 bridgehead atoms. The van der Waals surface area contributed by atoms with E-state index < -0.39 is 0 Å². The highest BCUT2D eigenvalue weighted by atomic mass is 32.1. The Morgan fingerprint density at radius 1 is 1.18 bits per heavy atom. The maximum absolute atomic E-state index is 4.36. The van der Waals surface area contributed by atoms with E-state index in [1.54, 1.807) is 11.3 Å². The number of rotatable bonds is 6. The van der Waals surface area contributed by atoms with Gasteiger partial charge in [-0.15, -0.1) is 11.3 Å². The zero-order valence-corrected chi connectivity index (χ0v) is 11.0. The Kier molecular flexibility index (Phi) is 4.71. The van der Waals surface area contributed by atoms with E-state index in [0.717, 1.165) is 19.6 Å². The van der Waals surface area contributed by atoms with E-state index >= 15 is 0 Å². The minimum absolute atomic E-state index is 0.951. The third-order valence-electron chi connectivity index (χ3n) is 2.66. The molecule has 17 heavy (non-hydrogen) atoms. The van der Waals surface area contributed by atoms with Gasteiger partial charge in [-0.05, 0) is 18.5 Å². The van der Waals surface area contributed by atoms with Crippen molar-refractivity contribution in [2.24, 2.45) is 0 Å². The first kappa shape index (κ1) is 12.3. The standard InChI is InChI=1S/C14H18N2S/c1-2-8-16(10-14-11-17-12-15-14)9-13-6-4-3-5-7-13/h3-7,11-12H,2,8-10H2,1H3. The molecule has 0 radical (unpaired) electrons. The van der Waals surface area contributed by atoms with E-state index in [4.69, 9.17) is 0 Å². The maximum Gasteiger partial charge on any atom is 0.0795 e. The highest BCUT2D eigenvalue weighted by molar-refractivity contribution is 7.07. The monoisotopic (exact) mass is 246 g/mol. The minimum Gasteiger partial charge on any atom is -0.293 e. The normalized spacial score (nSPS) is 10.9. The van der Waals surface area contributed by atoms with Gasteiger partial charge in [0.2, 0.25) is 0 Å². The Labute approximate surface area is 107 Å². The fourth-order valence-corrected chi connectivity index (χ4v) is 2.47. The van der Waals surface area contributed by atoms with Crippen molar-refractivity contribution < 1.29 is 0 Å². The quantitative estimate of drug-likeness (QED) is 0.775. The Bertz CT molecular complexity index is 411. The van der Waals surface area contributed by atoms with Crippen LogP contribution in [0, 0.1) is 0 Å². The summed E-state index contributed by atoms with van der Waals surface area (Å²) in [6, 6.07) is 10.6. The van der Waals surface area contributed by atoms with Crippen molar-refractivity contribution in [1.29, 1.82) is 0 Å². The van der Waals surface area contributed by atoms with Gasteiger partial charge in [0, 0.05) is 18.5 Å². The van der Waals surface area contributed by atoms with Crippen LogP contribution in [0.4, 0.5) is 0 Å². The molecule has 1 aromatic carbocycles. The summed E-state index contributed by atoms with van der Waals surface area (Å²) in [6.07, 6.45) is 1.18. The zero-order valence-electron chi connectivity index (χ0n) is 10.2. The molecule has 0 aliphatic rings. The number of benzene rings is 1. The summed E-state index contributed by atoms with van der Waals surface area (Å²) in [6.45, 7) is 5.30. The van der Waals surface area contributed by atoms with Crippen molar-refractivity contribution in [3.63, 3.8) is 0 Å². The Morgan fingerprint density at radius 3 is 2.65 bits per heavy atom. The van der Waals surface area contributed by atoms with Crippen molar-refractivity contribution in [3.8, 4) is 0 Å². The van der Waals surface area contributed by atoms with E-state index in [9.17, 15) is 0 Å². The molecule has 0 spiro atoms. The van der Waals surface area contributed by atoms with Crippen LogP contribution >= 0.6 is 11.3 Å². The summed E-state index contributed by atoms with van der Waals surface area (Å²) in [5, 5.41) is 2.13. The molecule has 2 rings (SSSR count). The molecule has 2 nitrogen and oxygen atoms in total. The molecule has 1 heterocycles. The van der Waals surface area contributed by atoms with Gasteiger partial charge < -0.3 is 0 Å². The molecule has 0 aliphatic carbocycles. The van der Waals surface area contributed by atoms with E-state index in [0.29, 0.717) is 0 Å². The summed E-state index contributed by atoms with van der Waals surface area (Å²) >= 11 is 1.67. The first-order valence-corrected chi connectivity index (χ1v) is 6.96. The van der Waals surface area contributed by atoms with E-state index in [-0.39, 0.29) is 0 Å². The number of aromatic nitrogens is 1. The van der Waals surface area contributed by atoms with E-state index in [2.05, 4.69) is 52.5 Å². The van der Waals surface area contributed by atoms with Crippen LogP contribution in [0.2, 0.25) is 0 Å². The number of hydrogen-bond acceptors (Lipinski definition) is 3. The fourth-order valence-electron chi connectivity index (χ4n) is 1.92. The van der Waals surface area contributed by atoms with Crippen LogP contribution in [0.5, 0.6) is 0 Å². The van der Waals surface area contributed by atoms with E-state index in [1.165, 1.54) is 17.7 Å². The lowest BCUT2D eigenvalue weighted by Crippen LogP contribution is -2.23. The van der Waals surface area contributed by atoms with Gasteiger partial charge in [-0.3, -0.25) is 4.90 Å². The molecule has 0 aliphatic heterocycles. The molecule has 2 aromatic rings. The van der Waals surface area contributed by atoms with Crippen LogP contribution in [0.15, 0.2) is 41.2 Å². The molecule has 0 saturated heterocycles. The maximum atomic E-state index is 4.36. The Balaban J connectivity index is 1.97. The zero-order chi connectivity index (χ0) is 11.9. The second-order valence-corrected chi connectivity index (χ2v) is 4.89. The van der Waals surface area contributed by atoms with Gasteiger partial charge >= 0.3 is 0 Å². The van der Waals surface area contributed by atoms with Gasteiger partial charge in [-0.2, -0.15) is 0 Å². The fraction of sp³-hybridized carbons (Fsp3) is 0.357. The van der Waals surface area contributed by atoms with Gasteiger partial charge in [-0.25, -0.2) is 4.98 Å². The molecule has 0 amide bonds. The molecule has 90 valence electrons. The molecule has 3 heteroatoms. The van der Waals surface area contributed by atoms with Crippen LogP contribution in [0.25, 0.3) is 0 Å². The van der Waals surface area contributed by atoms with Crippen molar-refractivity contribution in [1.82, 2.24) is 9.88 Å². The molecule has 0 atom stereocenters. The summed E-state index contributed by atoms with van der Waals surface area (Å²) in [4.78, 5) is 6.81. The summed E-state index contributed by atoms with van der Waals surface area (Å²) in [5.41, 5.74) is 4.46. The van der Waals surface area contributed by atoms with Gasteiger partial charge in [0.1, 0.15) is 0 Å². The lowest BCUT2D eigenvalue weighted by atomic mass is 10.2. The third-order valence-corrected chi connectivity index (χ3v) is 3.29. The van der Waals surface area contributed by atoms with Crippen molar-refractivity contribution in [3.05, 3.63) is 52.5 Å². The van der Waals surface area contributed by atoms with Gasteiger partial charge in [0.15, 0.2) is 0 Å². The lowest BCUT2D eigenvalue weighted by molar-refractivity contribution is 0.255. The average Bonchev–Trinajstić information content (AvgIpc) is 2.83. The SMILES string of the molecule is CCCN(Cc1ccccc1)Cc1cscn1. The second-order valence-electron chi connectivity index (χ2n) is 4.18. The Morgan fingerprint density at radius 2 is 2.00 bits per heavy atom. The average molecular weight is 246 g/mol. The number of thiazole rings is 1. The Hall–Kier alpha value is -1.19. The number of hydrogen-bond donors (Lipinski definition) is 0. The van der Waals surface area contributed by atoms with Crippen molar-refractivity contribution in [2.45, 2.75) is 26.4 Å². The largest absolute Gasteiger partial charge is 0.293 e. The van der Waals surface area contributed by atoms with Crippen LogP contribution in [-0.2, 0) is 13.1 Å². The second kappa shape index (κ2) is 6.52. The molecule has 1 aromatic heterocycles. The first-order valence-electron chi connectivity index (χ1n) is 6.02. The summed E-state index contributed by atoms with van der Waals surface area (Å²) < 4.78 is 0. The smallest absolute Gasteiger partial charge is 0.0795 e. The summed E-state index contributed by atoms with van der Waals surface area (Å²) in [5.74, 6) is 0. The van der Waals surface area contributed by atoms with E-state index in [1.807, 2.05) is 5.51 Å². The molecule has 0 N–H and O–H groups in total.